The highest BCUT2D eigenvalue weighted by Gasteiger charge is 2.10. The van der Waals surface area contributed by atoms with Gasteiger partial charge in [-0.3, -0.25) is 9.59 Å². The number of nitrogens with one attached hydrogen (secondary N) is 1. The summed E-state index contributed by atoms with van der Waals surface area (Å²) in [5.41, 5.74) is 4.50. The van der Waals surface area contributed by atoms with Crippen molar-refractivity contribution in [1.29, 1.82) is 0 Å². The zero-order chi connectivity index (χ0) is 15.8. The zero-order valence-electron chi connectivity index (χ0n) is 13.3. The summed E-state index contributed by atoms with van der Waals surface area (Å²) in [6.45, 7) is 7.84. The van der Waals surface area contributed by atoms with E-state index in [2.05, 4.69) is 11.1 Å². The van der Waals surface area contributed by atoms with Gasteiger partial charge in [-0.25, -0.2) is 0 Å². The van der Waals surface area contributed by atoms with Crippen LogP contribution >= 0.6 is 0 Å². The van der Waals surface area contributed by atoms with Gasteiger partial charge >= 0.3 is 5.97 Å². The molecule has 0 bridgehead atoms. The molecule has 0 saturated carbocycles. The van der Waals surface area contributed by atoms with Crippen molar-refractivity contribution in [3.8, 4) is 0 Å². The van der Waals surface area contributed by atoms with Crippen LogP contribution in [0.25, 0.3) is 0 Å². The second kappa shape index (κ2) is 16.9. The summed E-state index contributed by atoms with van der Waals surface area (Å²) in [6.07, 6.45) is 3.37. The molecule has 0 heterocycles. The molecule has 0 spiro atoms. The van der Waals surface area contributed by atoms with Crippen LogP contribution in [-0.2, 0) is 9.59 Å². The average Bonchev–Trinajstić information content (AvgIpc) is 2.43. The zero-order valence-corrected chi connectivity index (χ0v) is 13.3. The van der Waals surface area contributed by atoms with Crippen LogP contribution in [0.5, 0.6) is 0 Å². The molecule has 0 aliphatic rings. The Kier molecular flexibility index (Phi) is 20.5. The molecule has 0 aliphatic carbocycles. The van der Waals surface area contributed by atoms with Crippen LogP contribution in [0.1, 0.15) is 53.4 Å². The van der Waals surface area contributed by atoms with Crippen molar-refractivity contribution >= 4 is 11.9 Å². The lowest BCUT2D eigenvalue weighted by Gasteiger charge is -2.08. The maximum absolute atomic E-state index is 10.9. The van der Waals surface area contributed by atoms with E-state index in [0.717, 1.165) is 25.7 Å². The summed E-state index contributed by atoms with van der Waals surface area (Å²) in [6, 6.07) is 0. The van der Waals surface area contributed by atoms with Crippen molar-refractivity contribution in [3.05, 3.63) is 0 Å². The molecule has 0 aliphatic heterocycles. The number of amides is 1. The number of carboxylic acids is 1. The minimum absolute atomic E-state index is 0.130. The topological polar surface area (TPSA) is 92.4 Å². The molecule has 0 aromatic rings. The fraction of sp³-hybridized carbons (Fsp3) is 0.857. The van der Waals surface area contributed by atoms with Gasteiger partial charge in [-0.15, -0.1) is 0 Å². The van der Waals surface area contributed by atoms with Crippen LogP contribution in [-0.4, -0.2) is 31.1 Å². The lowest BCUT2D eigenvalue weighted by molar-refractivity contribution is -0.141. The molecule has 0 aromatic carbocycles. The van der Waals surface area contributed by atoms with E-state index >= 15 is 0 Å². The molecule has 0 aromatic heterocycles. The van der Waals surface area contributed by atoms with E-state index < -0.39 is 5.97 Å². The Labute approximate surface area is 118 Å². The van der Waals surface area contributed by atoms with Crippen molar-refractivity contribution in [2.75, 3.05) is 14.1 Å². The van der Waals surface area contributed by atoms with Crippen molar-refractivity contribution in [3.63, 3.8) is 0 Å². The summed E-state index contributed by atoms with van der Waals surface area (Å²) < 4.78 is 0. The standard InChI is InChI=1S/C7H15NO.C6H12O2.CH5N/c1-4-6(5-2)7(9)8-3;1-3-5(4-2)6(7)8;1-2/h6H,4-5H2,1-3H3,(H,8,9);5H,3-4H2,1-2H3,(H,7,8);2H2,1H3. The number of rotatable bonds is 6. The molecule has 0 atom stereocenters. The number of carbonyl (C=O) groups is 2. The summed E-state index contributed by atoms with van der Waals surface area (Å²) in [4.78, 5) is 21.0. The van der Waals surface area contributed by atoms with E-state index in [1.165, 1.54) is 7.05 Å². The lowest BCUT2D eigenvalue weighted by atomic mass is 10.0. The van der Waals surface area contributed by atoms with Crippen molar-refractivity contribution < 1.29 is 14.7 Å². The number of nitrogens with two attached hydrogens (primary N) is 1. The average molecular weight is 276 g/mol. The molecule has 0 radical (unpaired) electrons. The Bertz CT molecular complexity index is 213. The van der Waals surface area contributed by atoms with Crippen LogP contribution in [0, 0.1) is 11.8 Å². The predicted octanol–water partition coefficient (Wildman–Crippen LogP) is 2.25. The van der Waals surface area contributed by atoms with Crippen molar-refractivity contribution in [2.45, 2.75) is 53.4 Å². The molecule has 1 amide bonds. The maximum Gasteiger partial charge on any atom is 0.306 e. The first-order valence-electron chi connectivity index (χ1n) is 7.00. The molecule has 4 N–H and O–H groups in total. The Balaban J connectivity index is -0.000000239. The van der Waals surface area contributed by atoms with Gasteiger partial charge in [0.1, 0.15) is 0 Å². The third kappa shape index (κ3) is 13.1. The molecule has 19 heavy (non-hydrogen) atoms. The van der Waals surface area contributed by atoms with Crippen molar-refractivity contribution in [2.24, 2.45) is 17.6 Å². The van der Waals surface area contributed by atoms with E-state index in [-0.39, 0.29) is 17.7 Å². The van der Waals surface area contributed by atoms with Crippen molar-refractivity contribution in [1.82, 2.24) is 5.32 Å². The smallest absolute Gasteiger partial charge is 0.306 e. The van der Waals surface area contributed by atoms with Crippen LogP contribution < -0.4 is 11.1 Å². The van der Waals surface area contributed by atoms with E-state index in [9.17, 15) is 9.59 Å². The monoisotopic (exact) mass is 276 g/mol. The quantitative estimate of drug-likeness (QED) is 0.693. The van der Waals surface area contributed by atoms with Crippen LogP contribution in [0.15, 0.2) is 0 Å². The summed E-state index contributed by atoms with van der Waals surface area (Å²) in [7, 11) is 3.18. The number of carboxylic acid groups (broad SMARTS) is 1. The number of hydrogen-bond acceptors (Lipinski definition) is 3. The van der Waals surface area contributed by atoms with Gasteiger partial charge in [0.2, 0.25) is 5.91 Å². The van der Waals surface area contributed by atoms with Gasteiger partial charge < -0.3 is 16.2 Å². The number of aliphatic carboxylic acids is 1. The third-order valence-corrected chi connectivity index (χ3v) is 2.94. The van der Waals surface area contributed by atoms with Gasteiger partial charge in [-0.1, -0.05) is 27.7 Å². The fourth-order valence-corrected chi connectivity index (χ4v) is 1.50. The van der Waals surface area contributed by atoms with E-state index in [0.29, 0.717) is 0 Å². The summed E-state index contributed by atoms with van der Waals surface area (Å²) in [5.74, 6) is -0.417. The van der Waals surface area contributed by atoms with Crippen LogP contribution in [0.2, 0.25) is 0 Å². The summed E-state index contributed by atoms with van der Waals surface area (Å²) in [5, 5.41) is 11.0. The second-order valence-corrected chi connectivity index (χ2v) is 3.98. The first-order chi connectivity index (χ1) is 8.98. The van der Waals surface area contributed by atoms with E-state index in [1.807, 2.05) is 27.7 Å². The first-order valence-corrected chi connectivity index (χ1v) is 7.00. The highest BCUT2D eigenvalue weighted by Crippen LogP contribution is 2.06. The fourth-order valence-electron chi connectivity index (χ4n) is 1.50. The van der Waals surface area contributed by atoms with Crippen LogP contribution in [0.3, 0.4) is 0 Å². The third-order valence-electron chi connectivity index (χ3n) is 2.94. The molecular formula is C14H32N2O3. The van der Waals surface area contributed by atoms with E-state index in [4.69, 9.17) is 5.11 Å². The summed E-state index contributed by atoms with van der Waals surface area (Å²) >= 11 is 0. The maximum atomic E-state index is 10.9. The minimum atomic E-state index is -0.671. The highest BCUT2D eigenvalue weighted by molar-refractivity contribution is 5.78. The van der Waals surface area contributed by atoms with Gasteiger partial charge in [-0.2, -0.15) is 0 Å². The molecule has 5 nitrogen and oxygen atoms in total. The minimum Gasteiger partial charge on any atom is -0.481 e. The van der Waals surface area contributed by atoms with E-state index in [1.54, 1.807) is 7.05 Å². The number of carbonyl (C=O) groups excluding carboxylic acids is 1. The SMILES string of the molecule is CCC(CC)C(=O)NC.CCC(CC)C(=O)O.CN. The largest absolute Gasteiger partial charge is 0.481 e. The Morgan fingerprint density at radius 1 is 0.947 bits per heavy atom. The van der Waals surface area contributed by atoms with Gasteiger partial charge in [0.25, 0.3) is 0 Å². The molecule has 0 rings (SSSR count). The van der Waals surface area contributed by atoms with Gasteiger partial charge in [0.15, 0.2) is 0 Å². The Morgan fingerprint density at radius 2 is 1.26 bits per heavy atom. The normalized spacial score (nSPS) is 9.11. The molecule has 0 fully saturated rings. The molecule has 5 heteroatoms. The number of hydrogen-bond donors (Lipinski definition) is 3. The second-order valence-electron chi connectivity index (χ2n) is 3.98. The van der Waals surface area contributed by atoms with Gasteiger partial charge in [0, 0.05) is 13.0 Å². The van der Waals surface area contributed by atoms with Gasteiger partial charge in [-0.05, 0) is 32.7 Å². The van der Waals surface area contributed by atoms with Crippen LogP contribution in [0.4, 0.5) is 0 Å². The molecule has 0 unspecified atom stereocenters. The van der Waals surface area contributed by atoms with Gasteiger partial charge in [0.05, 0.1) is 5.92 Å². The first kappa shape index (κ1) is 23.0. The Morgan fingerprint density at radius 3 is 1.32 bits per heavy atom. The highest BCUT2D eigenvalue weighted by atomic mass is 16.4. The molecule has 116 valence electrons. The predicted molar refractivity (Wildman–Crippen MR) is 80.0 cm³/mol. The lowest BCUT2D eigenvalue weighted by Crippen LogP contribution is -2.26. The molecule has 0 saturated heterocycles. The Hall–Kier alpha value is -1.10. The molecular weight excluding hydrogens is 244 g/mol.